The van der Waals surface area contributed by atoms with Gasteiger partial charge in [0, 0.05) is 58.9 Å². The maximum absolute atomic E-state index is 11.3. The van der Waals surface area contributed by atoms with Crippen LogP contribution in [-0.2, 0) is 11.3 Å². The fourth-order valence-electron chi connectivity index (χ4n) is 4.71. The van der Waals surface area contributed by atoms with Crippen molar-refractivity contribution in [2.45, 2.75) is 31.9 Å². The van der Waals surface area contributed by atoms with Gasteiger partial charge in [0.1, 0.15) is 24.6 Å². The zero-order chi connectivity index (χ0) is 25.2. The summed E-state index contributed by atoms with van der Waals surface area (Å²) in [6, 6.07) is 7.97. The second-order valence-corrected chi connectivity index (χ2v) is 9.38. The molecule has 0 unspecified atom stereocenters. The van der Waals surface area contributed by atoms with Gasteiger partial charge in [0.15, 0.2) is 11.5 Å². The number of nitrogens with zero attached hydrogens (tertiary/aromatic N) is 4. The molecule has 0 radical (unpaired) electrons. The van der Waals surface area contributed by atoms with E-state index < -0.39 is 5.60 Å². The molecule has 198 valence electrons. The molecule has 0 spiro atoms. The third-order valence-corrected chi connectivity index (χ3v) is 6.65. The third kappa shape index (κ3) is 7.42. The number of aliphatic hydroxyl groups is 1. The number of hydrogen-bond donors (Lipinski definition) is 3. The van der Waals surface area contributed by atoms with Crippen LogP contribution in [0.2, 0.25) is 0 Å². The summed E-state index contributed by atoms with van der Waals surface area (Å²) in [4.78, 5) is 13.1. The fourth-order valence-corrected chi connectivity index (χ4v) is 4.71. The SMILES string of the molecule is CCOc1cc(CNC[C@@]2(O)CCCN(c3cc(NC)ncn3)C2)ccc1OCCN1CCOCC1. The number of anilines is 2. The summed E-state index contributed by atoms with van der Waals surface area (Å²) in [5.41, 5.74) is 0.263. The van der Waals surface area contributed by atoms with Crippen LogP contribution >= 0.6 is 0 Å². The summed E-state index contributed by atoms with van der Waals surface area (Å²) in [5.74, 6) is 3.12. The normalized spacial score (nSPS) is 20.8. The standard InChI is InChI=1S/C26H40N6O4/c1-3-35-23-15-21(5-6-22(23)36-14-11-31-9-12-34-13-10-31)17-28-18-26(33)7-4-8-32(19-26)25-16-24(27-2)29-20-30-25/h5-6,15-16,20,28,33H,3-4,7-14,17-19H2,1-2H3,(H,27,29,30)/t26-/m0/s1. The Morgan fingerprint density at radius 2 is 1.97 bits per heavy atom. The van der Waals surface area contributed by atoms with Gasteiger partial charge in [-0.1, -0.05) is 6.07 Å². The summed E-state index contributed by atoms with van der Waals surface area (Å²) in [5, 5.41) is 17.8. The van der Waals surface area contributed by atoms with Gasteiger partial charge in [-0.05, 0) is 37.5 Å². The quantitative estimate of drug-likeness (QED) is 0.399. The number of hydrogen-bond acceptors (Lipinski definition) is 10. The molecule has 2 aliphatic rings. The average Bonchev–Trinajstić information content (AvgIpc) is 2.90. The molecule has 2 saturated heterocycles. The first-order valence-electron chi connectivity index (χ1n) is 12.9. The molecular formula is C26H40N6O4. The Morgan fingerprint density at radius 3 is 2.78 bits per heavy atom. The van der Waals surface area contributed by atoms with Gasteiger partial charge in [-0.25, -0.2) is 9.97 Å². The van der Waals surface area contributed by atoms with Crippen molar-refractivity contribution < 1.29 is 19.3 Å². The monoisotopic (exact) mass is 500 g/mol. The Bertz CT molecular complexity index is 958. The number of ether oxygens (including phenoxy) is 3. The van der Waals surface area contributed by atoms with Crippen molar-refractivity contribution in [3.8, 4) is 11.5 Å². The molecule has 1 atom stereocenters. The Kier molecular flexibility index (Phi) is 9.57. The van der Waals surface area contributed by atoms with E-state index in [0.29, 0.717) is 32.8 Å². The van der Waals surface area contributed by atoms with Crippen molar-refractivity contribution in [2.75, 3.05) is 83.0 Å². The number of morpholine rings is 1. The molecule has 10 heteroatoms. The minimum absolute atomic E-state index is 0.495. The van der Waals surface area contributed by atoms with Gasteiger partial charge in [0.25, 0.3) is 0 Å². The predicted molar refractivity (Wildman–Crippen MR) is 140 cm³/mol. The van der Waals surface area contributed by atoms with Gasteiger partial charge in [0.2, 0.25) is 0 Å². The number of β-amino-alcohol motifs (C(OH)–C–C–N with tert-alkyl or cyclic N) is 1. The van der Waals surface area contributed by atoms with E-state index in [1.165, 1.54) is 0 Å². The van der Waals surface area contributed by atoms with Crippen LogP contribution in [0.3, 0.4) is 0 Å². The number of nitrogens with one attached hydrogen (secondary N) is 2. The van der Waals surface area contributed by atoms with Crippen molar-refractivity contribution >= 4 is 11.6 Å². The Hall–Kier alpha value is -2.66. The highest BCUT2D eigenvalue weighted by molar-refractivity contribution is 5.48. The summed E-state index contributed by atoms with van der Waals surface area (Å²) in [7, 11) is 1.84. The van der Waals surface area contributed by atoms with Crippen molar-refractivity contribution in [2.24, 2.45) is 0 Å². The van der Waals surface area contributed by atoms with Crippen LogP contribution in [0.15, 0.2) is 30.6 Å². The highest BCUT2D eigenvalue weighted by Gasteiger charge is 2.33. The van der Waals surface area contributed by atoms with E-state index in [-0.39, 0.29) is 0 Å². The zero-order valence-electron chi connectivity index (χ0n) is 21.5. The molecule has 0 saturated carbocycles. The van der Waals surface area contributed by atoms with Gasteiger partial charge in [-0.2, -0.15) is 0 Å². The molecule has 10 nitrogen and oxygen atoms in total. The van der Waals surface area contributed by atoms with Crippen molar-refractivity contribution in [3.63, 3.8) is 0 Å². The first kappa shape index (κ1) is 26.4. The molecule has 0 bridgehead atoms. The lowest BCUT2D eigenvalue weighted by Crippen LogP contribution is -2.53. The summed E-state index contributed by atoms with van der Waals surface area (Å²) >= 11 is 0. The minimum atomic E-state index is -0.825. The van der Waals surface area contributed by atoms with Gasteiger partial charge >= 0.3 is 0 Å². The van der Waals surface area contributed by atoms with Crippen LogP contribution in [0.1, 0.15) is 25.3 Å². The lowest BCUT2D eigenvalue weighted by Gasteiger charge is -2.40. The molecule has 2 aromatic rings. The lowest BCUT2D eigenvalue weighted by atomic mass is 9.92. The first-order chi connectivity index (χ1) is 17.6. The topological polar surface area (TPSA) is 104 Å². The second kappa shape index (κ2) is 13.0. The maximum Gasteiger partial charge on any atom is 0.161 e. The minimum Gasteiger partial charge on any atom is -0.490 e. The van der Waals surface area contributed by atoms with Crippen molar-refractivity contribution in [3.05, 3.63) is 36.2 Å². The Morgan fingerprint density at radius 1 is 1.11 bits per heavy atom. The van der Waals surface area contributed by atoms with Crippen LogP contribution < -0.4 is 25.0 Å². The van der Waals surface area contributed by atoms with Crippen LogP contribution in [0, 0.1) is 0 Å². The lowest BCUT2D eigenvalue weighted by molar-refractivity contribution is 0.0258. The summed E-state index contributed by atoms with van der Waals surface area (Å²) in [6.45, 7) is 10.0. The molecular weight excluding hydrogens is 460 g/mol. The van der Waals surface area contributed by atoms with E-state index in [1.54, 1.807) is 6.33 Å². The molecule has 36 heavy (non-hydrogen) atoms. The second-order valence-electron chi connectivity index (χ2n) is 9.38. The van der Waals surface area contributed by atoms with Crippen LogP contribution in [0.5, 0.6) is 11.5 Å². The van der Waals surface area contributed by atoms with Crippen LogP contribution in [0.25, 0.3) is 0 Å². The van der Waals surface area contributed by atoms with Gasteiger partial charge < -0.3 is 34.9 Å². The summed E-state index contributed by atoms with van der Waals surface area (Å²) in [6.07, 6.45) is 3.21. The van der Waals surface area contributed by atoms with Gasteiger partial charge in [-0.15, -0.1) is 0 Å². The highest BCUT2D eigenvalue weighted by atomic mass is 16.5. The third-order valence-electron chi connectivity index (χ3n) is 6.65. The molecule has 2 aliphatic heterocycles. The van der Waals surface area contributed by atoms with Crippen molar-refractivity contribution in [1.29, 1.82) is 0 Å². The molecule has 1 aromatic carbocycles. The van der Waals surface area contributed by atoms with E-state index in [9.17, 15) is 5.11 Å². The van der Waals surface area contributed by atoms with Crippen molar-refractivity contribution in [1.82, 2.24) is 20.2 Å². The van der Waals surface area contributed by atoms with Crippen LogP contribution in [-0.4, -0.2) is 98.3 Å². The number of piperidine rings is 1. The van der Waals surface area contributed by atoms with E-state index in [1.807, 2.05) is 32.2 Å². The van der Waals surface area contributed by atoms with E-state index in [0.717, 1.165) is 80.9 Å². The highest BCUT2D eigenvalue weighted by Crippen LogP contribution is 2.29. The van der Waals surface area contributed by atoms with Gasteiger partial charge in [-0.3, -0.25) is 4.90 Å². The fraction of sp³-hybridized carbons (Fsp3) is 0.615. The largest absolute Gasteiger partial charge is 0.490 e. The van der Waals surface area contributed by atoms with E-state index in [4.69, 9.17) is 14.2 Å². The predicted octanol–water partition coefficient (Wildman–Crippen LogP) is 1.75. The molecule has 4 rings (SSSR count). The smallest absolute Gasteiger partial charge is 0.161 e. The number of aromatic nitrogens is 2. The van der Waals surface area contributed by atoms with E-state index in [2.05, 4.69) is 36.5 Å². The van der Waals surface area contributed by atoms with E-state index >= 15 is 0 Å². The van der Waals surface area contributed by atoms with Gasteiger partial charge in [0.05, 0.1) is 25.4 Å². The molecule has 0 amide bonds. The van der Waals surface area contributed by atoms with Crippen LogP contribution in [0.4, 0.5) is 11.6 Å². The molecule has 3 heterocycles. The average molecular weight is 501 g/mol. The first-order valence-corrected chi connectivity index (χ1v) is 12.9. The molecule has 0 aliphatic carbocycles. The number of rotatable bonds is 12. The molecule has 2 fully saturated rings. The number of benzene rings is 1. The summed E-state index contributed by atoms with van der Waals surface area (Å²) < 4.78 is 17.3. The Labute approximate surface area is 214 Å². The maximum atomic E-state index is 11.3. The molecule has 1 aromatic heterocycles. The Balaban J connectivity index is 1.28. The molecule has 3 N–H and O–H groups in total. The zero-order valence-corrected chi connectivity index (χ0v) is 21.5.